The monoisotopic (exact) mass is 431 g/mol. The van der Waals surface area contributed by atoms with Gasteiger partial charge in [0.2, 0.25) is 5.65 Å². The van der Waals surface area contributed by atoms with E-state index in [-0.39, 0.29) is 35.7 Å². The molecule has 0 spiro atoms. The Labute approximate surface area is 172 Å². The molecule has 1 aromatic carbocycles. The third-order valence-corrected chi connectivity index (χ3v) is 4.83. The number of aromatic nitrogens is 5. The molecule has 0 aliphatic rings. The Bertz CT molecular complexity index is 1360. The van der Waals surface area contributed by atoms with Crippen LogP contribution in [0.4, 0.5) is 19.1 Å². The number of nitrogen functional groups attached to an aromatic ring is 1. The van der Waals surface area contributed by atoms with Crippen LogP contribution >= 0.6 is 0 Å². The Balaban J connectivity index is 2.10. The first-order valence-electron chi connectivity index (χ1n) is 9.39. The number of rotatable bonds is 6. The molecule has 4 N–H and O–H groups in total. The maximum Gasteiger partial charge on any atom is 0.411 e. The number of nitrogens with zero attached hydrogens (tertiary/aromatic N) is 3. The van der Waals surface area contributed by atoms with Gasteiger partial charge in [0.25, 0.3) is 12.0 Å². The van der Waals surface area contributed by atoms with E-state index in [1.54, 1.807) is 30.3 Å². The second-order valence-corrected chi connectivity index (χ2v) is 6.81. The SMILES string of the molecule is Nc1[nH+]c(-c2ccccc2)c(-c2c[nH]c(=O)c(C(F)F)c2)c2nn(CCCF)c(=O)n12. The lowest BCUT2D eigenvalue weighted by Gasteiger charge is -2.10. The van der Waals surface area contributed by atoms with Gasteiger partial charge < -0.3 is 4.98 Å². The number of anilines is 1. The second kappa shape index (κ2) is 8.09. The van der Waals surface area contributed by atoms with Crippen LogP contribution < -0.4 is 22.0 Å². The van der Waals surface area contributed by atoms with Crippen LogP contribution in [0, 0.1) is 0 Å². The Hall–Kier alpha value is -3.89. The summed E-state index contributed by atoms with van der Waals surface area (Å²) in [4.78, 5) is 29.8. The van der Waals surface area contributed by atoms with E-state index in [9.17, 15) is 22.8 Å². The van der Waals surface area contributed by atoms with Crippen LogP contribution in [0.5, 0.6) is 0 Å². The number of hydrogen-bond donors (Lipinski definition) is 2. The molecule has 4 rings (SSSR count). The molecule has 0 fully saturated rings. The van der Waals surface area contributed by atoms with Crippen molar-refractivity contribution in [3.05, 3.63) is 69.0 Å². The number of alkyl halides is 3. The van der Waals surface area contributed by atoms with E-state index >= 15 is 0 Å². The van der Waals surface area contributed by atoms with Crippen molar-refractivity contribution in [3.63, 3.8) is 0 Å². The molecule has 31 heavy (non-hydrogen) atoms. The lowest BCUT2D eigenvalue weighted by atomic mass is 10.0. The molecule has 0 radical (unpaired) electrons. The quantitative estimate of drug-likeness (QED) is 0.487. The minimum Gasteiger partial charge on any atom is -0.328 e. The third kappa shape index (κ3) is 3.58. The van der Waals surface area contributed by atoms with Gasteiger partial charge in [0.15, 0.2) is 0 Å². The van der Waals surface area contributed by atoms with Gasteiger partial charge in [-0.3, -0.25) is 14.9 Å². The summed E-state index contributed by atoms with van der Waals surface area (Å²) in [5.41, 5.74) is 5.51. The number of H-pyrrole nitrogens is 2. The van der Waals surface area contributed by atoms with Gasteiger partial charge in [-0.2, -0.15) is 4.68 Å². The predicted octanol–water partition coefficient (Wildman–Crippen LogP) is 2.21. The second-order valence-electron chi connectivity index (χ2n) is 6.81. The number of aryl methyl sites for hydroxylation is 1. The number of benzene rings is 1. The molecule has 3 aromatic heterocycles. The smallest absolute Gasteiger partial charge is 0.328 e. The molecule has 0 aliphatic carbocycles. The molecule has 0 bridgehead atoms. The molecule has 0 amide bonds. The van der Waals surface area contributed by atoms with Crippen LogP contribution in [0.3, 0.4) is 0 Å². The molecule has 160 valence electrons. The summed E-state index contributed by atoms with van der Waals surface area (Å²) in [5, 5.41) is 4.29. The van der Waals surface area contributed by atoms with E-state index in [1.165, 1.54) is 6.20 Å². The van der Waals surface area contributed by atoms with Crippen LogP contribution in [0.25, 0.3) is 28.0 Å². The summed E-state index contributed by atoms with van der Waals surface area (Å²) < 4.78 is 41.6. The highest BCUT2D eigenvalue weighted by molar-refractivity contribution is 5.88. The Morgan fingerprint density at radius 3 is 2.58 bits per heavy atom. The lowest BCUT2D eigenvalue weighted by Crippen LogP contribution is -2.28. The number of nitrogens with one attached hydrogen (secondary N) is 2. The molecule has 0 atom stereocenters. The average Bonchev–Trinajstić information content (AvgIpc) is 3.09. The summed E-state index contributed by atoms with van der Waals surface area (Å²) in [5.74, 6) is -0.0346. The maximum atomic E-state index is 13.4. The standard InChI is InChI=1S/C20H17F3N6O2/c21-7-4-8-28-20(31)29-17(27-28)14(12-9-13(16(22)23)18(30)25-10-12)15(26-19(29)24)11-5-2-1-3-6-11/h1-3,5-6,9-10,16H,4,7-8H2,(H2,24,26)(H,25,30)/p+1. The van der Waals surface area contributed by atoms with E-state index in [1.807, 2.05) is 0 Å². The minimum atomic E-state index is -3.00. The van der Waals surface area contributed by atoms with Crippen LogP contribution in [0.15, 0.2) is 52.2 Å². The van der Waals surface area contributed by atoms with Gasteiger partial charge in [-0.05, 0) is 12.5 Å². The predicted molar refractivity (Wildman–Crippen MR) is 107 cm³/mol. The molecule has 8 nitrogen and oxygen atoms in total. The van der Waals surface area contributed by atoms with E-state index in [4.69, 9.17) is 5.73 Å². The fraction of sp³-hybridized carbons (Fsp3) is 0.200. The van der Waals surface area contributed by atoms with Gasteiger partial charge in [-0.15, -0.1) is 9.50 Å². The number of halogens is 3. The fourth-order valence-electron chi connectivity index (χ4n) is 3.40. The number of nitrogens with two attached hydrogens (primary N) is 1. The van der Waals surface area contributed by atoms with Crippen LogP contribution in [-0.4, -0.2) is 25.8 Å². The maximum absolute atomic E-state index is 13.4. The van der Waals surface area contributed by atoms with Gasteiger partial charge in [0.1, 0.15) is 5.69 Å². The third-order valence-electron chi connectivity index (χ3n) is 4.83. The van der Waals surface area contributed by atoms with Gasteiger partial charge in [0.05, 0.1) is 24.3 Å². The van der Waals surface area contributed by atoms with Crippen molar-refractivity contribution < 1.29 is 18.2 Å². The van der Waals surface area contributed by atoms with Crippen molar-refractivity contribution in [1.29, 1.82) is 0 Å². The summed E-state index contributed by atoms with van der Waals surface area (Å²) in [6.45, 7) is -0.619. The molecule has 0 saturated heterocycles. The zero-order valence-electron chi connectivity index (χ0n) is 16.1. The first-order valence-corrected chi connectivity index (χ1v) is 9.39. The highest BCUT2D eigenvalue weighted by Gasteiger charge is 2.26. The largest absolute Gasteiger partial charge is 0.411 e. The van der Waals surface area contributed by atoms with Crippen molar-refractivity contribution >= 4 is 11.6 Å². The Morgan fingerprint density at radius 2 is 1.90 bits per heavy atom. The van der Waals surface area contributed by atoms with E-state index in [0.29, 0.717) is 11.3 Å². The fourth-order valence-corrected chi connectivity index (χ4v) is 3.40. The highest BCUT2D eigenvalue weighted by Crippen LogP contribution is 2.32. The van der Waals surface area contributed by atoms with E-state index in [2.05, 4.69) is 15.1 Å². The average molecular weight is 431 g/mol. The van der Waals surface area contributed by atoms with Gasteiger partial charge in [-0.1, -0.05) is 30.3 Å². The lowest BCUT2D eigenvalue weighted by molar-refractivity contribution is -0.351. The summed E-state index contributed by atoms with van der Waals surface area (Å²) in [7, 11) is 0. The first-order chi connectivity index (χ1) is 14.9. The number of aromatic amines is 2. The topological polar surface area (TPSA) is 112 Å². The summed E-state index contributed by atoms with van der Waals surface area (Å²) in [6, 6.07) is 9.94. The molecule has 0 aliphatic heterocycles. The minimum absolute atomic E-state index is 0.0183. The van der Waals surface area contributed by atoms with E-state index < -0.39 is 29.9 Å². The molecule has 4 aromatic rings. The van der Waals surface area contributed by atoms with Crippen LogP contribution in [-0.2, 0) is 6.54 Å². The molecular weight excluding hydrogens is 413 g/mol. The number of fused-ring (bicyclic) bond motifs is 1. The molecule has 0 saturated carbocycles. The number of pyridine rings is 1. The zero-order chi connectivity index (χ0) is 22.1. The normalized spacial score (nSPS) is 11.5. The van der Waals surface area contributed by atoms with Gasteiger partial charge in [0, 0.05) is 17.3 Å². The van der Waals surface area contributed by atoms with Crippen LogP contribution in [0.2, 0.25) is 0 Å². The number of hydrogen-bond acceptors (Lipinski definition) is 4. The van der Waals surface area contributed by atoms with Crippen molar-refractivity contribution in [1.82, 2.24) is 19.2 Å². The molecule has 0 unspecified atom stereocenters. The Kier molecular flexibility index (Phi) is 5.32. The van der Waals surface area contributed by atoms with Crippen molar-refractivity contribution in [2.24, 2.45) is 0 Å². The van der Waals surface area contributed by atoms with Crippen LogP contribution in [0.1, 0.15) is 18.4 Å². The Morgan fingerprint density at radius 1 is 1.16 bits per heavy atom. The summed E-state index contributed by atoms with van der Waals surface area (Å²) in [6.07, 6.45) is -1.66. The van der Waals surface area contributed by atoms with Gasteiger partial charge >= 0.3 is 11.6 Å². The first kappa shape index (κ1) is 20.4. The van der Waals surface area contributed by atoms with E-state index in [0.717, 1.165) is 15.1 Å². The van der Waals surface area contributed by atoms with Crippen molar-refractivity contribution in [3.8, 4) is 22.4 Å². The van der Waals surface area contributed by atoms with Crippen molar-refractivity contribution in [2.75, 3.05) is 12.4 Å². The molecule has 3 heterocycles. The highest BCUT2D eigenvalue weighted by atomic mass is 19.3. The van der Waals surface area contributed by atoms with Gasteiger partial charge in [-0.25, -0.2) is 18.6 Å². The van der Waals surface area contributed by atoms with Crippen molar-refractivity contribution in [2.45, 2.75) is 19.4 Å². The molecular formula is C20H18F3N6O2+. The zero-order valence-corrected chi connectivity index (χ0v) is 16.1. The molecule has 11 heteroatoms. The summed E-state index contributed by atoms with van der Waals surface area (Å²) >= 11 is 0.